The molecule has 0 bridgehead atoms. The van der Waals surface area contributed by atoms with Crippen molar-refractivity contribution in [1.82, 2.24) is 0 Å². The zero-order valence-corrected chi connectivity index (χ0v) is 8.12. The third-order valence-electron chi connectivity index (χ3n) is 2.02. The van der Waals surface area contributed by atoms with Crippen molar-refractivity contribution >= 4 is 17.3 Å². The number of hydrogen-bond acceptors (Lipinski definition) is 3. The molecule has 3 nitrogen and oxygen atoms in total. The van der Waals surface area contributed by atoms with Gasteiger partial charge >= 0.3 is 5.97 Å². The second-order valence-electron chi connectivity index (χ2n) is 2.85. The van der Waals surface area contributed by atoms with E-state index >= 15 is 0 Å². The standard InChI is InChI=1S/C9H12O3S/c1-2-7(9(11)12)8(10)6-3-4-13-5-6/h3-5,7-8,10H,2H2,1H3,(H,11,12)/t7-,8?/m0/s1. The van der Waals surface area contributed by atoms with E-state index in [1.54, 1.807) is 18.4 Å². The summed E-state index contributed by atoms with van der Waals surface area (Å²) in [5, 5.41) is 22.1. The van der Waals surface area contributed by atoms with Gasteiger partial charge in [0.25, 0.3) is 0 Å². The minimum atomic E-state index is -0.943. The van der Waals surface area contributed by atoms with Gasteiger partial charge in [-0.3, -0.25) is 4.79 Å². The predicted molar refractivity (Wildman–Crippen MR) is 50.7 cm³/mol. The van der Waals surface area contributed by atoms with Gasteiger partial charge in [0.15, 0.2) is 0 Å². The molecule has 1 heterocycles. The molecule has 0 aliphatic rings. The molecule has 13 heavy (non-hydrogen) atoms. The Morgan fingerprint density at radius 1 is 1.69 bits per heavy atom. The van der Waals surface area contributed by atoms with E-state index in [0.29, 0.717) is 12.0 Å². The first-order chi connectivity index (χ1) is 6.16. The van der Waals surface area contributed by atoms with Gasteiger partial charge in [-0.1, -0.05) is 6.92 Å². The predicted octanol–water partition coefficient (Wildman–Crippen LogP) is 1.89. The van der Waals surface area contributed by atoms with Gasteiger partial charge in [0.2, 0.25) is 0 Å². The van der Waals surface area contributed by atoms with Crippen molar-refractivity contribution in [3.63, 3.8) is 0 Å². The number of hydrogen-bond donors (Lipinski definition) is 2. The maximum absolute atomic E-state index is 10.7. The molecule has 0 amide bonds. The summed E-state index contributed by atoms with van der Waals surface area (Å²) < 4.78 is 0. The quantitative estimate of drug-likeness (QED) is 0.780. The van der Waals surface area contributed by atoms with E-state index in [1.807, 2.05) is 5.38 Å². The van der Waals surface area contributed by atoms with Crippen LogP contribution in [0.5, 0.6) is 0 Å². The van der Waals surface area contributed by atoms with Crippen LogP contribution in [0.2, 0.25) is 0 Å². The van der Waals surface area contributed by atoms with Gasteiger partial charge in [0.05, 0.1) is 12.0 Å². The average molecular weight is 200 g/mol. The van der Waals surface area contributed by atoms with Gasteiger partial charge in [-0.05, 0) is 28.8 Å². The highest BCUT2D eigenvalue weighted by atomic mass is 32.1. The first kappa shape index (κ1) is 10.2. The highest BCUT2D eigenvalue weighted by Gasteiger charge is 2.25. The average Bonchev–Trinajstić information content (AvgIpc) is 2.56. The lowest BCUT2D eigenvalue weighted by Gasteiger charge is -2.15. The highest BCUT2D eigenvalue weighted by molar-refractivity contribution is 7.07. The first-order valence-corrected chi connectivity index (χ1v) is 5.04. The number of aliphatic hydroxyl groups is 1. The van der Waals surface area contributed by atoms with Crippen LogP contribution in [0.4, 0.5) is 0 Å². The Balaban J connectivity index is 2.76. The van der Waals surface area contributed by atoms with E-state index in [2.05, 4.69) is 0 Å². The van der Waals surface area contributed by atoms with Crippen molar-refractivity contribution in [1.29, 1.82) is 0 Å². The first-order valence-electron chi connectivity index (χ1n) is 4.09. The molecule has 72 valence electrons. The third kappa shape index (κ3) is 2.29. The van der Waals surface area contributed by atoms with Gasteiger partial charge in [-0.2, -0.15) is 11.3 Å². The van der Waals surface area contributed by atoms with Crippen molar-refractivity contribution in [2.75, 3.05) is 0 Å². The Morgan fingerprint density at radius 2 is 2.38 bits per heavy atom. The number of aliphatic hydroxyl groups excluding tert-OH is 1. The largest absolute Gasteiger partial charge is 0.481 e. The van der Waals surface area contributed by atoms with Crippen LogP contribution in [-0.4, -0.2) is 16.2 Å². The lowest BCUT2D eigenvalue weighted by atomic mass is 9.95. The van der Waals surface area contributed by atoms with Crippen molar-refractivity contribution in [2.45, 2.75) is 19.4 Å². The molecule has 0 aliphatic heterocycles. The van der Waals surface area contributed by atoms with Gasteiger partial charge in [0.1, 0.15) is 0 Å². The molecule has 0 radical (unpaired) electrons. The third-order valence-corrected chi connectivity index (χ3v) is 2.72. The van der Waals surface area contributed by atoms with Crippen LogP contribution in [0, 0.1) is 5.92 Å². The fourth-order valence-electron chi connectivity index (χ4n) is 1.21. The Hall–Kier alpha value is -0.870. The SMILES string of the molecule is CC[C@H](C(=O)O)C(O)c1ccsc1. The topological polar surface area (TPSA) is 57.5 Å². The minimum Gasteiger partial charge on any atom is -0.481 e. The molecular weight excluding hydrogens is 188 g/mol. The summed E-state index contributed by atoms with van der Waals surface area (Å²) in [6.45, 7) is 1.76. The lowest BCUT2D eigenvalue weighted by Crippen LogP contribution is -2.20. The van der Waals surface area contributed by atoms with Crippen LogP contribution < -0.4 is 0 Å². The fourth-order valence-corrected chi connectivity index (χ4v) is 1.90. The van der Waals surface area contributed by atoms with Crippen molar-refractivity contribution < 1.29 is 15.0 Å². The molecule has 0 spiro atoms. The van der Waals surface area contributed by atoms with Gasteiger partial charge in [-0.15, -0.1) is 0 Å². The number of rotatable bonds is 4. The second kappa shape index (κ2) is 4.39. The molecule has 0 saturated heterocycles. The van der Waals surface area contributed by atoms with E-state index in [-0.39, 0.29) is 0 Å². The molecule has 1 aromatic rings. The Bertz CT molecular complexity index is 268. The molecule has 0 aliphatic carbocycles. The van der Waals surface area contributed by atoms with Crippen LogP contribution >= 0.6 is 11.3 Å². The number of thiophene rings is 1. The summed E-state index contributed by atoms with van der Waals surface area (Å²) in [5.74, 6) is -1.64. The molecule has 2 atom stereocenters. The smallest absolute Gasteiger partial charge is 0.309 e. The Morgan fingerprint density at radius 3 is 2.77 bits per heavy atom. The van der Waals surface area contributed by atoms with Crippen LogP contribution in [0.1, 0.15) is 25.0 Å². The molecule has 4 heteroatoms. The van der Waals surface area contributed by atoms with E-state index in [0.717, 1.165) is 0 Å². The maximum Gasteiger partial charge on any atom is 0.309 e. The van der Waals surface area contributed by atoms with E-state index in [9.17, 15) is 9.90 Å². The van der Waals surface area contributed by atoms with Gasteiger partial charge < -0.3 is 10.2 Å². The molecule has 1 rings (SSSR count). The normalized spacial score (nSPS) is 15.2. The van der Waals surface area contributed by atoms with Crippen LogP contribution in [-0.2, 0) is 4.79 Å². The van der Waals surface area contributed by atoms with E-state index in [4.69, 9.17) is 5.11 Å². The number of carboxylic acid groups (broad SMARTS) is 1. The van der Waals surface area contributed by atoms with Gasteiger partial charge in [0, 0.05) is 0 Å². The highest BCUT2D eigenvalue weighted by Crippen LogP contribution is 2.26. The van der Waals surface area contributed by atoms with E-state index in [1.165, 1.54) is 11.3 Å². The van der Waals surface area contributed by atoms with Gasteiger partial charge in [-0.25, -0.2) is 0 Å². The summed E-state index contributed by atoms with van der Waals surface area (Å²) in [6.07, 6.45) is -0.444. The number of carboxylic acids is 1. The van der Waals surface area contributed by atoms with Crippen molar-refractivity contribution in [3.05, 3.63) is 22.4 Å². The molecule has 0 fully saturated rings. The van der Waals surface area contributed by atoms with Crippen molar-refractivity contribution in [3.8, 4) is 0 Å². The molecular formula is C9H12O3S. The monoisotopic (exact) mass is 200 g/mol. The second-order valence-corrected chi connectivity index (χ2v) is 3.63. The maximum atomic E-state index is 10.7. The Labute approximate surface area is 80.6 Å². The summed E-state index contributed by atoms with van der Waals surface area (Å²) in [5.41, 5.74) is 0.694. The molecule has 1 aromatic heterocycles. The Kier molecular flexibility index (Phi) is 3.45. The van der Waals surface area contributed by atoms with E-state index < -0.39 is 18.0 Å². The molecule has 0 aromatic carbocycles. The minimum absolute atomic E-state index is 0.437. The molecule has 0 saturated carbocycles. The summed E-state index contributed by atoms with van der Waals surface area (Å²) in [7, 11) is 0. The zero-order valence-electron chi connectivity index (χ0n) is 7.30. The molecule has 2 N–H and O–H groups in total. The number of aliphatic carboxylic acids is 1. The zero-order chi connectivity index (χ0) is 9.84. The summed E-state index contributed by atoms with van der Waals surface area (Å²) in [4.78, 5) is 10.7. The number of carbonyl (C=O) groups is 1. The lowest BCUT2D eigenvalue weighted by molar-refractivity contribution is -0.146. The summed E-state index contributed by atoms with van der Waals surface area (Å²) in [6, 6.07) is 1.75. The van der Waals surface area contributed by atoms with Crippen LogP contribution in [0.3, 0.4) is 0 Å². The van der Waals surface area contributed by atoms with Crippen molar-refractivity contribution in [2.24, 2.45) is 5.92 Å². The molecule has 1 unspecified atom stereocenters. The van der Waals surface area contributed by atoms with Crippen LogP contribution in [0.15, 0.2) is 16.8 Å². The summed E-state index contributed by atoms with van der Waals surface area (Å²) >= 11 is 1.45. The van der Waals surface area contributed by atoms with Crippen LogP contribution in [0.25, 0.3) is 0 Å². The fraction of sp³-hybridized carbons (Fsp3) is 0.444.